The molecule has 0 aliphatic carbocycles. The second-order valence-corrected chi connectivity index (χ2v) is 10.3. The van der Waals surface area contributed by atoms with Crippen LogP contribution < -0.4 is 14.8 Å². The minimum absolute atomic E-state index is 0.260. The Balaban J connectivity index is 1.54. The number of anilines is 1. The highest BCUT2D eigenvalue weighted by molar-refractivity contribution is 7.22. The molecule has 0 spiro atoms. The molecule has 1 aliphatic heterocycles. The maximum Gasteiger partial charge on any atom is 0.410 e. The number of ether oxygens (including phenoxy) is 3. The summed E-state index contributed by atoms with van der Waals surface area (Å²) in [7, 11) is 3.11. The number of hydrogen-bond acceptors (Lipinski definition) is 8. The highest BCUT2D eigenvalue weighted by Crippen LogP contribution is 2.41. The third kappa shape index (κ3) is 5.64. The van der Waals surface area contributed by atoms with Gasteiger partial charge in [-0.05, 0) is 57.2 Å². The summed E-state index contributed by atoms with van der Waals surface area (Å²) in [4.78, 5) is 35.7. The monoisotopic (exact) mass is 498 g/mol. The highest BCUT2D eigenvalue weighted by atomic mass is 32.1. The number of carbonyl (C=O) groups is 2. The fraction of sp³-hybridized carbons (Fsp3) is 0.440. The molecule has 1 fully saturated rings. The van der Waals surface area contributed by atoms with Crippen molar-refractivity contribution in [1.29, 1.82) is 0 Å². The van der Waals surface area contributed by atoms with Gasteiger partial charge in [0.25, 0.3) is 5.91 Å². The van der Waals surface area contributed by atoms with Gasteiger partial charge in [-0.2, -0.15) is 0 Å². The number of pyridine rings is 1. The lowest BCUT2D eigenvalue weighted by Crippen LogP contribution is -2.41. The lowest BCUT2D eigenvalue weighted by atomic mass is 9.89. The normalized spacial score (nSPS) is 14.6. The molecule has 0 atom stereocenters. The van der Waals surface area contributed by atoms with Gasteiger partial charge in [0.1, 0.15) is 16.9 Å². The average Bonchev–Trinajstić information content (AvgIpc) is 3.26. The number of nitrogens with one attached hydrogen (secondary N) is 1. The van der Waals surface area contributed by atoms with Crippen molar-refractivity contribution in [2.24, 2.45) is 0 Å². The summed E-state index contributed by atoms with van der Waals surface area (Å²) in [6.45, 7) is 6.87. The van der Waals surface area contributed by atoms with Crippen LogP contribution in [0.3, 0.4) is 0 Å². The first-order chi connectivity index (χ1) is 16.7. The van der Waals surface area contributed by atoms with Gasteiger partial charge in [-0.25, -0.2) is 14.8 Å². The number of rotatable bonds is 5. The smallest absolute Gasteiger partial charge is 0.410 e. The Bertz CT molecular complexity index is 1230. The average molecular weight is 499 g/mol. The minimum Gasteiger partial charge on any atom is -0.494 e. The van der Waals surface area contributed by atoms with Crippen molar-refractivity contribution in [2.75, 3.05) is 32.6 Å². The third-order valence-corrected chi connectivity index (χ3v) is 6.79. The van der Waals surface area contributed by atoms with Gasteiger partial charge in [-0.3, -0.25) is 10.1 Å². The molecular weight excluding hydrogens is 468 g/mol. The van der Waals surface area contributed by atoms with E-state index < -0.39 is 5.60 Å². The van der Waals surface area contributed by atoms with Crippen LogP contribution in [0.2, 0.25) is 0 Å². The summed E-state index contributed by atoms with van der Waals surface area (Å²) >= 11 is 1.42. The van der Waals surface area contributed by atoms with E-state index in [0.717, 1.165) is 23.1 Å². The van der Waals surface area contributed by atoms with Crippen LogP contribution in [0.5, 0.6) is 11.6 Å². The largest absolute Gasteiger partial charge is 0.494 e. The number of nitrogens with zero attached hydrogens (tertiary/aromatic N) is 3. The zero-order valence-electron chi connectivity index (χ0n) is 20.6. The fourth-order valence-corrected chi connectivity index (χ4v) is 5.14. The maximum absolute atomic E-state index is 12.8. The first-order valence-electron chi connectivity index (χ1n) is 11.4. The SMILES string of the molecule is COc1cc(C(=O)Nc2nc3c(OC)ccc(C4CCN(C(=O)OC(C)(C)C)CC4)c3s2)ccn1. The molecule has 2 amide bonds. The van der Waals surface area contributed by atoms with E-state index in [4.69, 9.17) is 14.2 Å². The van der Waals surface area contributed by atoms with Crippen molar-refractivity contribution in [3.8, 4) is 11.6 Å². The molecule has 9 nitrogen and oxygen atoms in total. The van der Waals surface area contributed by atoms with Gasteiger partial charge in [0.05, 0.1) is 18.9 Å². The van der Waals surface area contributed by atoms with Crippen molar-refractivity contribution in [1.82, 2.24) is 14.9 Å². The Morgan fingerprint density at radius 3 is 2.51 bits per heavy atom. The Labute approximate surface area is 208 Å². The molecule has 35 heavy (non-hydrogen) atoms. The van der Waals surface area contributed by atoms with Gasteiger partial charge in [-0.1, -0.05) is 17.4 Å². The lowest BCUT2D eigenvalue weighted by Gasteiger charge is -2.33. The van der Waals surface area contributed by atoms with Crippen LogP contribution in [0.15, 0.2) is 30.5 Å². The molecule has 4 rings (SSSR count). The van der Waals surface area contributed by atoms with Crippen LogP contribution in [-0.4, -0.2) is 59.8 Å². The number of hydrogen-bond donors (Lipinski definition) is 1. The van der Waals surface area contributed by atoms with Crippen molar-refractivity contribution >= 4 is 38.7 Å². The van der Waals surface area contributed by atoms with Crippen LogP contribution in [-0.2, 0) is 4.74 Å². The quantitative estimate of drug-likeness (QED) is 0.523. The third-order valence-electron chi connectivity index (χ3n) is 5.77. The molecule has 1 saturated heterocycles. The van der Waals surface area contributed by atoms with Crippen LogP contribution in [0.25, 0.3) is 10.2 Å². The van der Waals surface area contributed by atoms with Gasteiger partial charge in [-0.15, -0.1) is 0 Å². The summed E-state index contributed by atoms with van der Waals surface area (Å²) in [5.74, 6) is 0.979. The van der Waals surface area contributed by atoms with Gasteiger partial charge in [0.2, 0.25) is 5.88 Å². The Kier molecular flexibility index (Phi) is 7.11. The second kappa shape index (κ2) is 10.1. The van der Waals surface area contributed by atoms with Crippen LogP contribution in [0, 0.1) is 0 Å². The summed E-state index contributed by atoms with van der Waals surface area (Å²) in [5.41, 5.74) is 1.78. The topological polar surface area (TPSA) is 103 Å². The number of likely N-dealkylation sites (tertiary alicyclic amines) is 1. The van der Waals surface area contributed by atoms with E-state index in [1.54, 1.807) is 24.1 Å². The molecule has 3 aromatic rings. The molecule has 186 valence electrons. The molecule has 10 heteroatoms. The van der Waals surface area contributed by atoms with Crippen molar-refractivity contribution in [3.63, 3.8) is 0 Å². The summed E-state index contributed by atoms with van der Waals surface area (Å²) in [5, 5.41) is 3.37. The Hall–Kier alpha value is -3.40. The number of benzene rings is 1. The summed E-state index contributed by atoms with van der Waals surface area (Å²) < 4.78 is 17.1. The molecule has 0 unspecified atom stereocenters. The number of piperidine rings is 1. The van der Waals surface area contributed by atoms with E-state index in [9.17, 15) is 9.59 Å². The first kappa shape index (κ1) is 24.7. The molecule has 1 aliphatic rings. The van der Waals surface area contributed by atoms with E-state index in [1.807, 2.05) is 26.8 Å². The predicted octanol–water partition coefficient (Wildman–Crippen LogP) is 5.08. The fourth-order valence-electron chi connectivity index (χ4n) is 4.07. The zero-order chi connectivity index (χ0) is 25.2. The summed E-state index contributed by atoms with van der Waals surface area (Å²) in [6, 6.07) is 7.17. The van der Waals surface area contributed by atoms with E-state index in [-0.39, 0.29) is 17.9 Å². The van der Waals surface area contributed by atoms with Crippen molar-refractivity contribution in [3.05, 3.63) is 41.6 Å². The highest BCUT2D eigenvalue weighted by Gasteiger charge is 2.29. The number of fused-ring (bicyclic) bond motifs is 1. The Morgan fingerprint density at radius 1 is 1.11 bits per heavy atom. The molecule has 1 aromatic carbocycles. The Morgan fingerprint density at radius 2 is 1.86 bits per heavy atom. The molecule has 1 N–H and O–H groups in total. The van der Waals surface area contributed by atoms with Gasteiger partial charge in [0.15, 0.2) is 5.13 Å². The molecule has 3 heterocycles. The van der Waals surface area contributed by atoms with Crippen LogP contribution in [0.1, 0.15) is 55.5 Å². The summed E-state index contributed by atoms with van der Waals surface area (Å²) in [6.07, 6.45) is 2.89. The molecule has 0 radical (unpaired) electrons. The number of carbonyl (C=O) groups excluding carboxylic acids is 2. The second-order valence-electron chi connectivity index (χ2n) is 9.34. The van der Waals surface area contributed by atoms with Gasteiger partial charge in [0, 0.05) is 30.9 Å². The zero-order valence-corrected chi connectivity index (χ0v) is 21.4. The first-order valence-corrected chi connectivity index (χ1v) is 12.3. The number of thiazole rings is 1. The molecule has 0 bridgehead atoms. The van der Waals surface area contributed by atoms with E-state index >= 15 is 0 Å². The molecular formula is C25H30N4O5S. The van der Waals surface area contributed by atoms with E-state index in [2.05, 4.69) is 21.4 Å². The van der Waals surface area contributed by atoms with Crippen molar-refractivity contribution < 1.29 is 23.8 Å². The standard InChI is InChI=1S/C25H30N4O5S/c1-25(2,3)34-24(31)29-12-9-15(10-13-29)17-6-7-18(32-4)20-21(17)35-23(27-20)28-22(30)16-8-11-26-19(14-16)33-5/h6-8,11,14-15H,9-10,12-13H2,1-5H3,(H,27,28,30). The van der Waals surface area contributed by atoms with E-state index in [1.165, 1.54) is 24.6 Å². The van der Waals surface area contributed by atoms with Gasteiger partial charge >= 0.3 is 6.09 Å². The van der Waals surface area contributed by atoms with Crippen LogP contribution >= 0.6 is 11.3 Å². The van der Waals surface area contributed by atoms with Crippen molar-refractivity contribution in [2.45, 2.75) is 45.1 Å². The number of amides is 2. The minimum atomic E-state index is -0.513. The molecule has 0 saturated carbocycles. The van der Waals surface area contributed by atoms with Gasteiger partial charge < -0.3 is 19.1 Å². The number of aromatic nitrogens is 2. The predicted molar refractivity (Wildman–Crippen MR) is 135 cm³/mol. The van der Waals surface area contributed by atoms with Crippen LogP contribution in [0.4, 0.5) is 9.93 Å². The molecule has 2 aromatic heterocycles. The maximum atomic E-state index is 12.8. The van der Waals surface area contributed by atoms with E-state index in [0.29, 0.717) is 40.9 Å². The lowest BCUT2D eigenvalue weighted by molar-refractivity contribution is 0.0205. The number of methoxy groups -OCH3 is 2.